The molecule has 0 unspecified atom stereocenters. The number of rotatable bonds is 2. The third kappa shape index (κ3) is 2.28. The van der Waals surface area contributed by atoms with Gasteiger partial charge in [0.05, 0.1) is 6.20 Å². The second-order valence-corrected chi connectivity index (χ2v) is 2.80. The van der Waals surface area contributed by atoms with Crippen LogP contribution in [-0.2, 0) is 0 Å². The van der Waals surface area contributed by atoms with E-state index in [1.54, 1.807) is 6.07 Å². The van der Waals surface area contributed by atoms with Crippen molar-refractivity contribution in [2.75, 3.05) is 0 Å². The maximum absolute atomic E-state index is 12.8. The van der Waals surface area contributed by atoms with Gasteiger partial charge in [-0.2, -0.15) is 0 Å². The Hall–Kier alpha value is -1.97. The molecule has 0 bridgehead atoms. The molecular weight excluding hydrogens is 200 g/mol. The van der Waals surface area contributed by atoms with Gasteiger partial charge in [0.1, 0.15) is 11.5 Å². The van der Waals surface area contributed by atoms with Crippen molar-refractivity contribution in [2.45, 2.75) is 0 Å². The molecule has 15 heavy (non-hydrogen) atoms. The second-order valence-electron chi connectivity index (χ2n) is 2.80. The number of halogens is 2. The Morgan fingerprint density at radius 2 is 2.00 bits per heavy atom. The highest BCUT2D eigenvalue weighted by molar-refractivity contribution is 5.29. The van der Waals surface area contributed by atoms with Gasteiger partial charge in [-0.05, 0) is 18.2 Å². The average molecular weight is 206 g/mol. The van der Waals surface area contributed by atoms with E-state index in [-0.39, 0.29) is 5.75 Å². The molecule has 0 spiro atoms. The van der Waals surface area contributed by atoms with E-state index in [1.807, 2.05) is 0 Å². The highest BCUT2D eigenvalue weighted by Crippen LogP contribution is 2.21. The summed E-state index contributed by atoms with van der Waals surface area (Å²) in [4.78, 5) is 3.77. The van der Waals surface area contributed by atoms with Crippen LogP contribution in [0.15, 0.2) is 36.7 Å². The lowest BCUT2D eigenvalue weighted by atomic mass is 10.3. The zero-order valence-electron chi connectivity index (χ0n) is 7.58. The van der Waals surface area contributed by atoms with Crippen LogP contribution in [0.25, 0.3) is 0 Å². The van der Waals surface area contributed by atoms with Gasteiger partial charge in [-0.3, -0.25) is 4.98 Å². The molecule has 2 rings (SSSR count). The Kier molecular flexibility index (Phi) is 2.58. The zero-order valence-corrected chi connectivity index (χ0v) is 7.58. The van der Waals surface area contributed by atoms with Crippen molar-refractivity contribution in [2.24, 2.45) is 0 Å². The molecule has 0 saturated heterocycles. The molecule has 0 fully saturated rings. The van der Waals surface area contributed by atoms with Gasteiger partial charge in [-0.15, -0.1) is 0 Å². The summed E-state index contributed by atoms with van der Waals surface area (Å²) in [6.07, 6.45) is 2.93. The Morgan fingerprint density at radius 3 is 2.67 bits per heavy atom. The van der Waals surface area contributed by atoms with Crippen LogP contribution in [0.4, 0.5) is 8.78 Å². The Balaban J connectivity index is 2.22. The van der Waals surface area contributed by atoms with Gasteiger partial charge in [-0.25, -0.2) is 8.78 Å². The number of pyridine rings is 1. The maximum Gasteiger partial charge on any atom is 0.162 e. The monoisotopic (exact) mass is 206 g/mol. The molecule has 75 valence electrons. The standard InChI is InChI=1S/C11H6F2NO/c12-10-4-3-8(6-11(10)13)15-9-2-1-5-14-7-9/h2-7H. The van der Waals surface area contributed by atoms with Gasteiger partial charge >= 0.3 is 0 Å². The lowest BCUT2D eigenvalue weighted by Crippen LogP contribution is -1.88. The van der Waals surface area contributed by atoms with E-state index in [1.165, 1.54) is 18.5 Å². The number of hydrogen-bond donors (Lipinski definition) is 0. The van der Waals surface area contributed by atoms with Crippen LogP contribution < -0.4 is 4.74 Å². The summed E-state index contributed by atoms with van der Waals surface area (Å²) < 4.78 is 30.6. The lowest BCUT2D eigenvalue weighted by Gasteiger charge is -2.04. The van der Waals surface area contributed by atoms with E-state index in [9.17, 15) is 8.78 Å². The Bertz CT molecular complexity index is 459. The molecule has 0 aliphatic heterocycles. The van der Waals surface area contributed by atoms with Crippen LogP contribution in [0.5, 0.6) is 11.5 Å². The van der Waals surface area contributed by atoms with Crippen LogP contribution in [0.1, 0.15) is 0 Å². The third-order valence-electron chi connectivity index (χ3n) is 1.70. The molecule has 2 aromatic rings. The molecular formula is C11H6F2NO. The van der Waals surface area contributed by atoms with E-state index in [0.717, 1.165) is 12.1 Å². The van der Waals surface area contributed by atoms with Crippen molar-refractivity contribution in [1.82, 2.24) is 4.98 Å². The first-order chi connectivity index (χ1) is 7.25. The highest BCUT2D eigenvalue weighted by atomic mass is 19.2. The zero-order chi connectivity index (χ0) is 10.7. The van der Waals surface area contributed by atoms with Crippen LogP contribution in [0.3, 0.4) is 0 Å². The smallest absolute Gasteiger partial charge is 0.162 e. The molecule has 2 nitrogen and oxygen atoms in total. The average Bonchev–Trinajstić information content (AvgIpc) is 2.25. The molecule has 0 aliphatic rings. The third-order valence-corrected chi connectivity index (χ3v) is 1.70. The van der Waals surface area contributed by atoms with E-state index in [4.69, 9.17) is 4.74 Å². The second kappa shape index (κ2) is 4.04. The van der Waals surface area contributed by atoms with E-state index < -0.39 is 11.6 Å². The van der Waals surface area contributed by atoms with Gasteiger partial charge in [0.25, 0.3) is 0 Å². The first kappa shape index (κ1) is 9.58. The van der Waals surface area contributed by atoms with Crippen molar-refractivity contribution >= 4 is 0 Å². The fraction of sp³-hybridized carbons (Fsp3) is 0. The van der Waals surface area contributed by atoms with Crippen molar-refractivity contribution in [3.05, 3.63) is 54.4 Å². The molecule has 0 aliphatic carbocycles. The van der Waals surface area contributed by atoms with E-state index in [0.29, 0.717) is 5.75 Å². The van der Waals surface area contributed by atoms with Gasteiger partial charge in [-0.1, -0.05) is 0 Å². The number of ether oxygens (including phenoxy) is 1. The summed E-state index contributed by atoms with van der Waals surface area (Å²) >= 11 is 0. The molecule has 1 aromatic heterocycles. The summed E-state index contributed by atoms with van der Waals surface area (Å²) in [6.45, 7) is 0. The number of nitrogens with zero attached hydrogens (tertiary/aromatic N) is 1. The predicted molar refractivity (Wildman–Crippen MR) is 49.5 cm³/mol. The van der Waals surface area contributed by atoms with Crippen molar-refractivity contribution in [3.63, 3.8) is 0 Å². The van der Waals surface area contributed by atoms with Gasteiger partial charge < -0.3 is 4.74 Å². The molecule has 0 amide bonds. The number of aromatic nitrogens is 1. The predicted octanol–water partition coefficient (Wildman–Crippen LogP) is 2.95. The van der Waals surface area contributed by atoms with Crippen LogP contribution in [0, 0.1) is 17.7 Å². The summed E-state index contributed by atoms with van der Waals surface area (Å²) in [5.74, 6) is -1.21. The van der Waals surface area contributed by atoms with Crippen molar-refractivity contribution < 1.29 is 13.5 Å². The number of hydrogen-bond acceptors (Lipinski definition) is 2. The van der Waals surface area contributed by atoms with E-state index >= 15 is 0 Å². The van der Waals surface area contributed by atoms with Crippen LogP contribution in [-0.4, -0.2) is 4.98 Å². The van der Waals surface area contributed by atoms with Crippen LogP contribution in [0.2, 0.25) is 0 Å². The topological polar surface area (TPSA) is 22.1 Å². The maximum atomic E-state index is 12.8. The van der Waals surface area contributed by atoms with E-state index in [2.05, 4.69) is 11.1 Å². The molecule has 0 saturated carbocycles. The van der Waals surface area contributed by atoms with Crippen LogP contribution >= 0.6 is 0 Å². The summed E-state index contributed by atoms with van der Waals surface area (Å²) in [5.41, 5.74) is 0. The molecule has 1 aromatic carbocycles. The fourth-order valence-corrected chi connectivity index (χ4v) is 1.04. The van der Waals surface area contributed by atoms with Gasteiger partial charge in [0.15, 0.2) is 11.6 Å². The minimum atomic E-state index is -0.944. The largest absolute Gasteiger partial charge is 0.456 e. The molecule has 1 heterocycles. The summed E-state index contributed by atoms with van der Waals surface area (Å²) in [5, 5.41) is 0. The first-order valence-corrected chi connectivity index (χ1v) is 4.20. The summed E-state index contributed by atoms with van der Waals surface area (Å²) in [7, 11) is 0. The first-order valence-electron chi connectivity index (χ1n) is 4.20. The minimum absolute atomic E-state index is 0.218. The fourth-order valence-electron chi connectivity index (χ4n) is 1.04. The van der Waals surface area contributed by atoms with Crippen molar-refractivity contribution in [1.29, 1.82) is 0 Å². The molecule has 1 radical (unpaired) electrons. The van der Waals surface area contributed by atoms with Gasteiger partial charge in [0, 0.05) is 18.3 Å². The SMILES string of the molecule is Fc1ccc(Oc2c[c]cnc2)cc1F. The Labute approximate surface area is 85.2 Å². The normalized spacial score (nSPS) is 10.0. The van der Waals surface area contributed by atoms with Crippen molar-refractivity contribution in [3.8, 4) is 11.5 Å². The molecule has 0 N–H and O–H groups in total. The lowest BCUT2D eigenvalue weighted by molar-refractivity contribution is 0.460. The number of benzene rings is 1. The molecule has 4 heteroatoms. The minimum Gasteiger partial charge on any atom is -0.456 e. The summed E-state index contributed by atoms with van der Waals surface area (Å²) in [6, 6.07) is 7.57. The quantitative estimate of drug-likeness (QED) is 0.753. The highest BCUT2D eigenvalue weighted by Gasteiger charge is 2.03. The Morgan fingerprint density at radius 1 is 1.13 bits per heavy atom. The molecule has 0 atom stereocenters. The van der Waals surface area contributed by atoms with Gasteiger partial charge in [0.2, 0.25) is 0 Å².